The molecule has 3 aromatic rings. The van der Waals surface area contributed by atoms with E-state index in [1.165, 1.54) is 0 Å². The van der Waals surface area contributed by atoms with Crippen molar-refractivity contribution >= 4 is 18.2 Å². The van der Waals surface area contributed by atoms with Crippen molar-refractivity contribution in [1.29, 1.82) is 0 Å². The predicted molar refractivity (Wildman–Crippen MR) is 85.7 cm³/mol. The van der Waals surface area contributed by atoms with Gasteiger partial charge in [0.15, 0.2) is 5.78 Å². The largest absolute Gasteiger partial charge is 0.330 e. The van der Waals surface area contributed by atoms with Gasteiger partial charge in [0, 0.05) is 18.0 Å². The van der Waals surface area contributed by atoms with Gasteiger partial charge in [-0.2, -0.15) is 0 Å². The van der Waals surface area contributed by atoms with Gasteiger partial charge in [-0.25, -0.2) is 4.98 Å². The van der Waals surface area contributed by atoms with Crippen LogP contribution >= 0.6 is 12.4 Å². The molecule has 0 atom stereocenters. The van der Waals surface area contributed by atoms with Crippen LogP contribution in [0.25, 0.3) is 11.1 Å². The summed E-state index contributed by atoms with van der Waals surface area (Å²) >= 11 is 0. The molecule has 0 amide bonds. The minimum atomic E-state index is 0. The number of rotatable bonds is 4. The Bertz CT molecular complexity index is 691. The highest BCUT2D eigenvalue weighted by molar-refractivity contribution is 5.96. The van der Waals surface area contributed by atoms with Crippen molar-refractivity contribution in [2.45, 2.75) is 6.54 Å². The van der Waals surface area contributed by atoms with Crippen molar-refractivity contribution in [3.63, 3.8) is 0 Å². The first-order chi connectivity index (χ1) is 9.83. The second-order valence-electron chi connectivity index (χ2n) is 4.60. The normalized spacial score (nSPS) is 9.90. The van der Waals surface area contributed by atoms with E-state index in [4.69, 9.17) is 0 Å². The van der Waals surface area contributed by atoms with Crippen LogP contribution in [0.15, 0.2) is 73.3 Å². The minimum absolute atomic E-state index is 0. The van der Waals surface area contributed by atoms with Gasteiger partial charge in [-0.15, -0.1) is 12.4 Å². The summed E-state index contributed by atoms with van der Waals surface area (Å²) in [6.45, 7) is 0.324. The fourth-order valence-electron chi connectivity index (χ4n) is 2.12. The monoisotopic (exact) mass is 298 g/mol. The average molecular weight is 299 g/mol. The molecule has 4 heteroatoms. The van der Waals surface area contributed by atoms with Crippen LogP contribution in [0.2, 0.25) is 0 Å². The quantitative estimate of drug-likeness (QED) is 0.686. The second-order valence-corrected chi connectivity index (χ2v) is 4.60. The van der Waals surface area contributed by atoms with Crippen molar-refractivity contribution < 1.29 is 4.79 Å². The Balaban J connectivity index is 0.00000161. The number of hydrogen-bond donors (Lipinski definition) is 0. The molecule has 0 aliphatic heterocycles. The Hall–Kier alpha value is -2.39. The lowest BCUT2D eigenvalue weighted by Crippen LogP contribution is -2.08. The number of hydrogen-bond acceptors (Lipinski definition) is 2. The standard InChI is InChI=1S/C17H14N2O.ClH/c20-17(12-19-11-10-18-13-19)16-8-6-15(7-9-16)14-4-2-1-3-5-14;/h1-11,13H,12H2;1H. The first-order valence-corrected chi connectivity index (χ1v) is 6.47. The van der Waals surface area contributed by atoms with E-state index < -0.39 is 0 Å². The van der Waals surface area contributed by atoms with Crippen LogP contribution in [0.1, 0.15) is 10.4 Å². The van der Waals surface area contributed by atoms with Crippen LogP contribution in [0.3, 0.4) is 0 Å². The average Bonchev–Trinajstić information content (AvgIpc) is 3.01. The summed E-state index contributed by atoms with van der Waals surface area (Å²) in [6.07, 6.45) is 5.11. The van der Waals surface area contributed by atoms with E-state index in [1.807, 2.05) is 42.5 Å². The summed E-state index contributed by atoms with van der Waals surface area (Å²) in [4.78, 5) is 16.0. The molecule has 0 unspecified atom stereocenters. The van der Waals surface area contributed by atoms with Gasteiger partial charge in [0.2, 0.25) is 0 Å². The molecular formula is C17H15ClN2O. The molecule has 3 nitrogen and oxygen atoms in total. The number of Topliss-reactive ketones (excluding diaryl/α,β-unsaturated/α-hetero) is 1. The van der Waals surface area contributed by atoms with Crippen molar-refractivity contribution in [3.05, 3.63) is 78.9 Å². The molecule has 1 aromatic heterocycles. The molecule has 0 radical (unpaired) electrons. The van der Waals surface area contributed by atoms with E-state index in [1.54, 1.807) is 23.3 Å². The van der Waals surface area contributed by atoms with Crippen LogP contribution < -0.4 is 0 Å². The molecule has 0 spiro atoms. The number of aromatic nitrogens is 2. The Morgan fingerprint density at radius 2 is 1.62 bits per heavy atom. The summed E-state index contributed by atoms with van der Waals surface area (Å²) in [5, 5.41) is 0. The van der Waals surface area contributed by atoms with Crippen molar-refractivity contribution in [2.24, 2.45) is 0 Å². The van der Waals surface area contributed by atoms with Crippen molar-refractivity contribution in [2.75, 3.05) is 0 Å². The van der Waals surface area contributed by atoms with Gasteiger partial charge in [0.25, 0.3) is 0 Å². The third-order valence-corrected chi connectivity index (χ3v) is 3.20. The zero-order valence-corrected chi connectivity index (χ0v) is 12.2. The van der Waals surface area contributed by atoms with E-state index in [9.17, 15) is 4.79 Å². The van der Waals surface area contributed by atoms with E-state index in [-0.39, 0.29) is 18.2 Å². The number of ketones is 1. The third-order valence-electron chi connectivity index (χ3n) is 3.20. The van der Waals surface area contributed by atoms with E-state index in [0.717, 1.165) is 16.7 Å². The maximum atomic E-state index is 12.1. The topological polar surface area (TPSA) is 34.9 Å². The van der Waals surface area contributed by atoms with Crippen molar-refractivity contribution in [3.8, 4) is 11.1 Å². The molecule has 0 N–H and O–H groups in total. The zero-order valence-electron chi connectivity index (χ0n) is 11.3. The second kappa shape index (κ2) is 6.86. The highest BCUT2D eigenvalue weighted by Crippen LogP contribution is 2.19. The third kappa shape index (κ3) is 3.58. The van der Waals surface area contributed by atoms with Crippen LogP contribution in [-0.4, -0.2) is 15.3 Å². The zero-order chi connectivity index (χ0) is 13.8. The van der Waals surface area contributed by atoms with E-state index in [2.05, 4.69) is 17.1 Å². The lowest BCUT2D eigenvalue weighted by molar-refractivity contribution is 0.0972. The van der Waals surface area contributed by atoms with Gasteiger partial charge in [-0.1, -0.05) is 54.6 Å². The molecule has 106 valence electrons. The number of halogens is 1. The van der Waals surface area contributed by atoms with Gasteiger partial charge in [-0.05, 0) is 11.1 Å². The van der Waals surface area contributed by atoms with E-state index in [0.29, 0.717) is 6.54 Å². The molecule has 2 aromatic carbocycles. The Morgan fingerprint density at radius 3 is 2.24 bits per heavy atom. The van der Waals surface area contributed by atoms with Crippen LogP contribution in [0.5, 0.6) is 0 Å². The van der Waals surface area contributed by atoms with Gasteiger partial charge < -0.3 is 4.57 Å². The highest BCUT2D eigenvalue weighted by atomic mass is 35.5. The van der Waals surface area contributed by atoms with Crippen molar-refractivity contribution in [1.82, 2.24) is 9.55 Å². The van der Waals surface area contributed by atoms with Gasteiger partial charge in [0.1, 0.15) is 0 Å². The summed E-state index contributed by atoms with van der Waals surface area (Å²) in [6, 6.07) is 17.8. The minimum Gasteiger partial charge on any atom is -0.330 e. The first-order valence-electron chi connectivity index (χ1n) is 6.47. The number of carbonyl (C=O) groups is 1. The predicted octanol–water partition coefficient (Wildman–Crippen LogP) is 3.85. The van der Waals surface area contributed by atoms with Crippen LogP contribution in [-0.2, 0) is 6.54 Å². The van der Waals surface area contributed by atoms with Crippen LogP contribution in [0.4, 0.5) is 0 Å². The number of carbonyl (C=O) groups excluding carboxylic acids is 1. The fourth-order valence-corrected chi connectivity index (χ4v) is 2.12. The molecule has 0 bridgehead atoms. The number of benzene rings is 2. The maximum absolute atomic E-state index is 12.1. The summed E-state index contributed by atoms with van der Waals surface area (Å²) in [7, 11) is 0. The summed E-state index contributed by atoms with van der Waals surface area (Å²) in [5.74, 6) is 0.0858. The van der Waals surface area contributed by atoms with Gasteiger partial charge >= 0.3 is 0 Å². The Kier molecular flexibility index (Phi) is 4.90. The van der Waals surface area contributed by atoms with Gasteiger partial charge in [-0.3, -0.25) is 4.79 Å². The van der Waals surface area contributed by atoms with Crippen LogP contribution in [0, 0.1) is 0 Å². The maximum Gasteiger partial charge on any atom is 0.182 e. The lowest BCUT2D eigenvalue weighted by atomic mass is 10.0. The SMILES string of the molecule is Cl.O=C(Cn1ccnc1)c1ccc(-c2ccccc2)cc1. The molecule has 21 heavy (non-hydrogen) atoms. The molecular weight excluding hydrogens is 284 g/mol. The lowest BCUT2D eigenvalue weighted by Gasteiger charge is -2.04. The number of imidazole rings is 1. The number of nitrogens with zero attached hydrogens (tertiary/aromatic N) is 2. The smallest absolute Gasteiger partial charge is 0.182 e. The molecule has 0 saturated carbocycles. The van der Waals surface area contributed by atoms with E-state index >= 15 is 0 Å². The molecule has 0 aliphatic rings. The first kappa shape index (κ1) is 15.0. The molecule has 3 rings (SSSR count). The Morgan fingerprint density at radius 1 is 0.952 bits per heavy atom. The molecule has 1 heterocycles. The molecule has 0 fully saturated rings. The van der Waals surface area contributed by atoms with Gasteiger partial charge in [0.05, 0.1) is 12.9 Å². The fraction of sp³-hybridized carbons (Fsp3) is 0.0588. The Labute approximate surface area is 129 Å². The summed E-state index contributed by atoms with van der Waals surface area (Å²) in [5.41, 5.74) is 2.99. The molecule has 0 saturated heterocycles. The highest BCUT2D eigenvalue weighted by Gasteiger charge is 2.06. The summed E-state index contributed by atoms with van der Waals surface area (Å²) < 4.78 is 1.77. The molecule has 0 aliphatic carbocycles.